The summed E-state index contributed by atoms with van der Waals surface area (Å²) in [4.78, 5) is 10.9. The second-order valence-corrected chi connectivity index (χ2v) is 5.36. The number of amides is 1. The van der Waals surface area contributed by atoms with Gasteiger partial charge in [0.25, 0.3) is 0 Å². The minimum atomic E-state index is -0.234. The lowest BCUT2D eigenvalue weighted by molar-refractivity contribution is 0.0282. The van der Waals surface area contributed by atoms with Crippen molar-refractivity contribution < 1.29 is 9.53 Å². The van der Waals surface area contributed by atoms with Gasteiger partial charge in [-0.05, 0) is 25.7 Å². The first-order valence-corrected chi connectivity index (χ1v) is 5.56. The molecule has 0 atom stereocenters. The van der Waals surface area contributed by atoms with Crippen LogP contribution in [0.3, 0.4) is 0 Å². The number of halogens is 1. The maximum atomic E-state index is 10.9. The van der Waals surface area contributed by atoms with Crippen molar-refractivity contribution >= 4 is 28.7 Å². The summed E-state index contributed by atoms with van der Waals surface area (Å²) in [5, 5.41) is 2.73. The van der Waals surface area contributed by atoms with Gasteiger partial charge in [0.05, 0.1) is 6.54 Å². The summed E-state index contributed by atoms with van der Waals surface area (Å²) in [5.41, 5.74) is -0.140. The molecule has 0 aromatic rings. The van der Waals surface area contributed by atoms with E-state index in [0.29, 0.717) is 0 Å². The van der Waals surface area contributed by atoms with Crippen LogP contribution in [0.1, 0.15) is 25.7 Å². The summed E-state index contributed by atoms with van der Waals surface area (Å²) in [5.74, 6) is 0. The molecule has 12 heavy (non-hydrogen) atoms. The summed E-state index contributed by atoms with van der Waals surface area (Å²) >= 11 is 2.47. The molecule has 0 bridgehead atoms. The summed E-state index contributed by atoms with van der Waals surface area (Å²) in [6.45, 7) is 0.717. The Morgan fingerprint density at radius 2 is 2.17 bits per heavy atom. The molecule has 1 aliphatic heterocycles. The van der Waals surface area contributed by atoms with Gasteiger partial charge in [0.1, 0.15) is 5.60 Å². The molecule has 1 spiro atoms. The molecule has 0 radical (unpaired) electrons. The Kier molecular flexibility index (Phi) is 2.18. The molecule has 1 saturated heterocycles. The average molecular weight is 281 g/mol. The standard InChI is InChI=1S/C8H12INO2/c9-6-1-3-8(4-2-6)5-10-7(11)12-8/h6H,1-5H2,(H,10,11). The van der Waals surface area contributed by atoms with Gasteiger partial charge >= 0.3 is 6.09 Å². The summed E-state index contributed by atoms with van der Waals surface area (Å²) in [7, 11) is 0. The van der Waals surface area contributed by atoms with E-state index in [1.165, 1.54) is 12.8 Å². The minimum Gasteiger partial charge on any atom is -0.441 e. The first-order valence-electron chi connectivity index (χ1n) is 4.31. The quantitative estimate of drug-likeness (QED) is 0.543. The van der Waals surface area contributed by atoms with E-state index in [-0.39, 0.29) is 11.7 Å². The van der Waals surface area contributed by atoms with Gasteiger partial charge in [-0.15, -0.1) is 0 Å². The van der Waals surface area contributed by atoms with Gasteiger partial charge in [0.2, 0.25) is 0 Å². The highest BCUT2D eigenvalue weighted by molar-refractivity contribution is 14.1. The number of alkyl halides is 1. The van der Waals surface area contributed by atoms with E-state index in [0.717, 1.165) is 23.3 Å². The first-order chi connectivity index (χ1) is 5.70. The molecule has 2 aliphatic rings. The van der Waals surface area contributed by atoms with E-state index in [4.69, 9.17) is 4.74 Å². The number of hydrogen-bond acceptors (Lipinski definition) is 2. The lowest BCUT2D eigenvalue weighted by atomic mass is 9.85. The van der Waals surface area contributed by atoms with Crippen LogP contribution in [0.5, 0.6) is 0 Å². The smallest absolute Gasteiger partial charge is 0.407 e. The third kappa shape index (κ3) is 1.53. The molecule has 2 rings (SSSR count). The molecule has 3 nitrogen and oxygen atoms in total. The highest BCUT2D eigenvalue weighted by atomic mass is 127. The van der Waals surface area contributed by atoms with Crippen molar-refractivity contribution in [1.82, 2.24) is 5.32 Å². The van der Waals surface area contributed by atoms with Gasteiger partial charge in [-0.3, -0.25) is 0 Å². The van der Waals surface area contributed by atoms with Gasteiger partial charge < -0.3 is 10.1 Å². The van der Waals surface area contributed by atoms with Crippen LogP contribution in [0.25, 0.3) is 0 Å². The van der Waals surface area contributed by atoms with Crippen LogP contribution in [0.4, 0.5) is 4.79 Å². The van der Waals surface area contributed by atoms with Gasteiger partial charge in [0.15, 0.2) is 0 Å². The van der Waals surface area contributed by atoms with Crippen LogP contribution < -0.4 is 5.32 Å². The van der Waals surface area contributed by atoms with Crippen molar-refractivity contribution in [3.8, 4) is 0 Å². The third-order valence-corrected chi connectivity index (χ3v) is 3.94. The predicted molar refractivity (Wildman–Crippen MR) is 53.5 cm³/mol. The predicted octanol–water partition coefficient (Wildman–Crippen LogP) is 1.84. The molecule has 0 aromatic carbocycles. The maximum Gasteiger partial charge on any atom is 0.407 e. The molecule has 1 amide bonds. The van der Waals surface area contributed by atoms with Crippen LogP contribution >= 0.6 is 22.6 Å². The zero-order valence-corrected chi connectivity index (χ0v) is 8.96. The highest BCUT2D eigenvalue weighted by Gasteiger charge is 2.42. The van der Waals surface area contributed by atoms with Crippen LogP contribution in [-0.4, -0.2) is 22.2 Å². The molecule has 0 aromatic heterocycles. The Morgan fingerprint density at radius 1 is 1.50 bits per heavy atom. The maximum absolute atomic E-state index is 10.9. The van der Waals surface area contributed by atoms with E-state index < -0.39 is 0 Å². The minimum absolute atomic E-state index is 0.140. The molecule has 68 valence electrons. The molecular weight excluding hydrogens is 269 g/mol. The Balaban J connectivity index is 1.99. The van der Waals surface area contributed by atoms with Crippen LogP contribution in [0, 0.1) is 0 Å². The first kappa shape index (κ1) is 8.59. The number of hydrogen-bond donors (Lipinski definition) is 1. The fourth-order valence-electron chi connectivity index (χ4n) is 1.89. The lowest BCUT2D eigenvalue weighted by Gasteiger charge is -2.32. The molecule has 4 heteroatoms. The molecule has 1 heterocycles. The van der Waals surface area contributed by atoms with Gasteiger partial charge in [-0.2, -0.15) is 0 Å². The van der Waals surface area contributed by atoms with E-state index >= 15 is 0 Å². The van der Waals surface area contributed by atoms with E-state index in [1.54, 1.807) is 0 Å². The largest absolute Gasteiger partial charge is 0.441 e. The number of nitrogens with one attached hydrogen (secondary N) is 1. The number of rotatable bonds is 0. The van der Waals surface area contributed by atoms with Crippen molar-refractivity contribution in [2.45, 2.75) is 35.2 Å². The third-order valence-electron chi connectivity index (χ3n) is 2.69. The summed E-state index contributed by atoms with van der Waals surface area (Å²) in [6, 6.07) is 0. The van der Waals surface area contributed by atoms with Crippen molar-refractivity contribution in [2.75, 3.05) is 6.54 Å². The Bertz CT molecular complexity index is 199. The molecule has 0 unspecified atom stereocenters. The molecule has 1 saturated carbocycles. The summed E-state index contributed by atoms with van der Waals surface area (Å²) < 4.78 is 6.06. The van der Waals surface area contributed by atoms with Gasteiger partial charge in [0, 0.05) is 3.92 Å². The van der Waals surface area contributed by atoms with Crippen LogP contribution in [0.2, 0.25) is 0 Å². The molecule has 2 fully saturated rings. The van der Waals surface area contributed by atoms with Crippen LogP contribution in [-0.2, 0) is 4.74 Å². The topological polar surface area (TPSA) is 38.3 Å². The Morgan fingerprint density at radius 3 is 2.67 bits per heavy atom. The van der Waals surface area contributed by atoms with Gasteiger partial charge in [-0.1, -0.05) is 22.6 Å². The van der Waals surface area contributed by atoms with Gasteiger partial charge in [-0.25, -0.2) is 4.79 Å². The molecular formula is C8H12INO2. The second kappa shape index (κ2) is 3.05. The zero-order valence-electron chi connectivity index (χ0n) is 6.81. The highest BCUT2D eigenvalue weighted by Crippen LogP contribution is 2.36. The monoisotopic (exact) mass is 281 g/mol. The number of carbonyl (C=O) groups excluding carboxylic acids is 1. The number of alkyl carbamates (subject to hydrolysis) is 1. The van der Waals surface area contributed by atoms with Crippen molar-refractivity contribution in [3.05, 3.63) is 0 Å². The molecule has 1 aliphatic carbocycles. The Hall–Kier alpha value is -0.0000000000000000555. The normalized spacial score (nSPS) is 41.1. The number of ether oxygens (including phenoxy) is 1. The van der Waals surface area contributed by atoms with E-state index in [1.807, 2.05) is 0 Å². The van der Waals surface area contributed by atoms with E-state index in [9.17, 15) is 4.79 Å². The van der Waals surface area contributed by atoms with E-state index in [2.05, 4.69) is 27.9 Å². The van der Waals surface area contributed by atoms with Crippen molar-refractivity contribution in [1.29, 1.82) is 0 Å². The fraction of sp³-hybridized carbons (Fsp3) is 0.875. The zero-order chi connectivity index (χ0) is 8.60. The number of carbonyl (C=O) groups is 1. The van der Waals surface area contributed by atoms with Crippen LogP contribution in [0.15, 0.2) is 0 Å². The average Bonchev–Trinajstić information content (AvgIpc) is 2.40. The van der Waals surface area contributed by atoms with Crippen molar-refractivity contribution in [3.63, 3.8) is 0 Å². The SMILES string of the molecule is O=C1NCC2(CCC(I)CC2)O1. The second-order valence-electron chi connectivity index (χ2n) is 3.60. The van der Waals surface area contributed by atoms with Crippen molar-refractivity contribution in [2.24, 2.45) is 0 Å². The Labute approximate surface area is 85.4 Å². The molecule has 1 N–H and O–H groups in total. The lowest BCUT2D eigenvalue weighted by Crippen LogP contribution is -2.37. The summed E-state index contributed by atoms with van der Waals surface area (Å²) in [6.07, 6.45) is 4.17. The fourth-order valence-corrected chi connectivity index (χ4v) is 2.51.